The van der Waals surface area contributed by atoms with Crippen molar-refractivity contribution in [3.8, 4) is 0 Å². The molecule has 0 aromatic heterocycles. The van der Waals surface area contributed by atoms with Crippen LogP contribution in [0.25, 0.3) is 0 Å². The molecule has 1 aliphatic rings. The van der Waals surface area contributed by atoms with Gasteiger partial charge in [-0.15, -0.1) is 0 Å². The van der Waals surface area contributed by atoms with Gasteiger partial charge in [0.15, 0.2) is 5.96 Å². The smallest absolute Gasteiger partial charge is 0.307 e. The van der Waals surface area contributed by atoms with E-state index in [1.807, 2.05) is 19.9 Å². The third-order valence-electron chi connectivity index (χ3n) is 3.86. The van der Waals surface area contributed by atoms with E-state index in [9.17, 15) is 4.79 Å². The summed E-state index contributed by atoms with van der Waals surface area (Å²) in [4.78, 5) is 18.1. The number of aliphatic imine (C=N–C) groups is 1. The quantitative estimate of drug-likeness (QED) is 0.472. The fourth-order valence-corrected chi connectivity index (χ4v) is 2.74. The molecule has 0 aliphatic carbocycles. The van der Waals surface area contributed by atoms with Crippen molar-refractivity contribution in [3.05, 3.63) is 30.3 Å². The third kappa shape index (κ3) is 5.76. The lowest BCUT2D eigenvalue weighted by Gasteiger charge is -2.20. The Kier molecular flexibility index (Phi) is 6.90. The molecule has 1 heterocycles. The van der Waals surface area contributed by atoms with Crippen LogP contribution in [0, 0.1) is 0 Å². The third-order valence-corrected chi connectivity index (χ3v) is 3.86. The van der Waals surface area contributed by atoms with Crippen LogP contribution in [0.1, 0.15) is 26.7 Å². The average Bonchev–Trinajstić information content (AvgIpc) is 3.02. The summed E-state index contributed by atoms with van der Waals surface area (Å²) in [5, 5.41) is 6.60. The van der Waals surface area contributed by atoms with Gasteiger partial charge in [-0.1, -0.05) is 18.2 Å². The molecule has 0 saturated carbocycles. The summed E-state index contributed by atoms with van der Waals surface area (Å²) in [6, 6.07) is 10.8. The molecule has 1 aromatic rings. The van der Waals surface area contributed by atoms with E-state index in [1.54, 1.807) is 7.05 Å². The number of nitrogens with one attached hydrogen (secondary N) is 2. The van der Waals surface area contributed by atoms with Crippen LogP contribution in [0.15, 0.2) is 35.3 Å². The molecule has 1 atom stereocenters. The molecule has 0 spiro atoms. The van der Waals surface area contributed by atoms with Gasteiger partial charge < -0.3 is 20.3 Å². The van der Waals surface area contributed by atoms with Gasteiger partial charge in [-0.3, -0.25) is 9.79 Å². The van der Waals surface area contributed by atoms with Gasteiger partial charge in [-0.25, -0.2) is 0 Å². The molecular weight excluding hydrogens is 304 g/mol. The lowest BCUT2D eigenvalue weighted by molar-refractivity contribution is -0.147. The number of hydrogen-bond donors (Lipinski definition) is 2. The number of rotatable bonds is 6. The monoisotopic (exact) mass is 332 g/mol. The van der Waals surface area contributed by atoms with Crippen LogP contribution < -0.4 is 15.5 Å². The highest BCUT2D eigenvalue weighted by Crippen LogP contribution is 2.19. The highest BCUT2D eigenvalue weighted by Gasteiger charge is 2.23. The first-order valence-corrected chi connectivity index (χ1v) is 8.55. The first kappa shape index (κ1) is 18.1. The van der Waals surface area contributed by atoms with E-state index in [2.05, 4.69) is 44.8 Å². The van der Waals surface area contributed by atoms with Crippen molar-refractivity contribution < 1.29 is 9.53 Å². The molecule has 1 aromatic carbocycles. The molecule has 2 N–H and O–H groups in total. The van der Waals surface area contributed by atoms with E-state index >= 15 is 0 Å². The van der Waals surface area contributed by atoms with Crippen LogP contribution >= 0.6 is 0 Å². The number of nitrogens with zero attached hydrogens (tertiary/aromatic N) is 2. The topological polar surface area (TPSA) is 66.0 Å². The number of benzene rings is 1. The number of carbonyl (C=O) groups is 1. The highest BCUT2D eigenvalue weighted by molar-refractivity contribution is 5.80. The molecular formula is C18H28N4O2. The van der Waals surface area contributed by atoms with Crippen molar-refractivity contribution in [2.24, 2.45) is 4.99 Å². The lowest BCUT2D eigenvalue weighted by atomic mass is 10.3. The molecule has 6 heteroatoms. The highest BCUT2D eigenvalue weighted by atomic mass is 16.5. The number of carbonyl (C=O) groups excluding carboxylic acids is 1. The Morgan fingerprint density at radius 3 is 2.79 bits per heavy atom. The maximum atomic E-state index is 11.5. The van der Waals surface area contributed by atoms with Crippen molar-refractivity contribution in [2.45, 2.75) is 38.8 Å². The molecule has 0 radical (unpaired) electrons. The standard InChI is InChI=1S/C18H28N4O2/c1-14(2)24-17(23)9-11-20-18(19-3)21-15-10-12-22(13-15)16-7-5-4-6-8-16/h4-8,14-15H,9-13H2,1-3H3,(H2,19,20,21). The van der Waals surface area contributed by atoms with Crippen molar-refractivity contribution in [1.82, 2.24) is 10.6 Å². The van der Waals surface area contributed by atoms with Crippen LogP contribution in [0.3, 0.4) is 0 Å². The zero-order valence-corrected chi connectivity index (χ0v) is 14.8. The fourth-order valence-electron chi connectivity index (χ4n) is 2.74. The largest absolute Gasteiger partial charge is 0.463 e. The zero-order chi connectivity index (χ0) is 17.4. The maximum absolute atomic E-state index is 11.5. The second kappa shape index (κ2) is 9.15. The van der Waals surface area contributed by atoms with E-state index < -0.39 is 0 Å². The van der Waals surface area contributed by atoms with E-state index in [-0.39, 0.29) is 12.1 Å². The summed E-state index contributed by atoms with van der Waals surface area (Å²) in [6.07, 6.45) is 1.32. The Bertz CT molecular complexity index is 545. The molecule has 24 heavy (non-hydrogen) atoms. The Labute approximate surface area is 144 Å². The van der Waals surface area contributed by atoms with Crippen LogP contribution in [0.5, 0.6) is 0 Å². The van der Waals surface area contributed by atoms with Gasteiger partial charge in [-0.05, 0) is 32.4 Å². The molecule has 0 amide bonds. The van der Waals surface area contributed by atoms with Crippen molar-refractivity contribution in [3.63, 3.8) is 0 Å². The molecule has 1 saturated heterocycles. The maximum Gasteiger partial charge on any atom is 0.307 e. The van der Waals surface area contributed by atoms with E-state index in [0.717, 1.165) is 25.5 Å². The minimum atomic E-state index is -0.191. The first-order valence-electron chi connectivity index (χ1n) is 8.55. The number of anilines is 1. The van der Waals surface area contributed by atoms with Gasteiger partial charge in [0.2, 0.25) is 0 Å². The molecule has 1 fully saturated rings. The van der Waals surface area contributed by atoms with Crippen LogP contribution in [0.4, 0.5) is 5.69 Å². The van der Waals surface area contributed by atoms with Crippen molar-refractivity contribution in [2.75, 3.05) is 31.6 Å². The second-order valence-corrected chi connectivity index (χ2v) is 6.20. The molecule has 1 aliphatic heterocycles. The van der Waals surface area contributed by atoms with Gasteiger partial charge in [0.05, 0.1) is 12.5 Å². The van der Waals surface area contributed by atoms with E-state index in [4.69, 9.17) is 4.74 Å². The number of esters is 1. The van der Waals surface area contributed by atoms with Crippen LogP contribution in [0.2, 0.25) is 0 Å². The minimum absolute atomic E-state index is 0.0719. The molecule has 6 nitrogen and oxygen atoms in total. The van der Waals surface area contributed by atoms with Crippen LogP contribution in [-0.2, 0) is 9.53 Å². The lowest BCUT2D eigenvalue weighted by Crippen LogP contribution is -2.45. The van der Waals surface area contributed by atoms with E-state index in [0.29, 0.717) is 19.0 Å². The Hall–Kier alpha value is -2.24. The van der Waals surface area contributed by atoms with Crippen molar-refractivity contribution >= 4 is 17.6 Å². The summed E-state index contributed by atoms with van der Waals surface area (Å²) in [6.45, 7) is 6.19. The van der Waals surface area contributed by atoms with E-state index in [1.165, 1.54) is 5.69 Å². The van der Waals surface area contributed by atoms with Gasteiger partial charge in [0, 0.05) is 38.4 Å². The first-order chi connectivity index (χ1) is 11.6. The Morgan fingerprint density at radius 2 is 2.12 bits per heavy atom. The zero-order valence-electron chi connectivity index (χ0n) is 14.8. The average molecular weight is 332 g/mol. The predicted molar refractivity (Wildman–Crippen MR) is 97.4 cm³/mol. The Morgan fingerprint density at radius 1 is 1.38 bits per heavy atom. The summed E-state index contributed by atoms with van der Waals surface area (Å²) >= 11 is 0. The minimum Gasteiger partial charge on any atom is -0.463 e. The Balaban J connectivity index is 1.73. The van der Waals surface area contributed by atoms with Gasteiger partial charge >= 0.3 is 5.97 Å². The van der Waals surface area contributed by atoms with Crippen molar-refractivity contribution in [1.29, 1.82) is 0 Å². The van der Waals surface area contributed by atoms with Gasteiger partial charge in [-0.2, -0.15) is 0 Å². The predicted octanol–water partition coefficient (Wildman–Crippen LogP) is 1.77. The second-order valence-electron chi connectivity index (χ2n) is 6.20. The fraction of sp³-hybridized carbons (Fsp3) is 0.556. The van der Waals surface area contributed by atoms with Crippen LogP contribution in [-0.4, -0.2) is 50.8 Å². The number of ether oxygens (including phenoxy) is 1. The molecule has 132 valence electrons. The molecule has 1 unspecified atom stereocenters. The SMILES string of the molecule is CN=C(NCCC(=O)OC(C)C)NC1CCN(c2ccccc2)C1. The van der Waals surface area contributed by atoms with Gasteiger partial charge in [0.1, 0.15) is 0 Å². The molecule has 0 bridgehead atoms. The summed E-state index contributed by atoms with van der Waals surface area (Å²) in [7, 11) is 1.74. The molecule has 2 rings (SSSR count). The normalized spacial score (nSPS) is 17.9. The number of hydrogen-bond acceptors (Lipinski definition) is 4. The van der Waals surface area contributed by atoms with Gasteiger partial charge in [0.25, 0.3) is 0 Å². The number of para-hydroxylation sites is 1. The summed E-state index contributed by atoms with van der Waals surface area (Å²) in [5.41, 5.74) is 1.25. The summed E-state index contributed by atoms with van der Waals surface area (Å²) in [5.74, 6) is 0.538. The summed E-state index contributed by atoms with van der Waals surface area (Å²) < 4.78 is 5.12. The number of guanidine groups is 1.